The van der Waals surface area contributed by atoms with Crippen molar-refractivity contribution >= 4 is 0 Å². The van der Waals surface area contributed by atoms with Gasteiger partial charge in [-0.3, -0.25) is 0 Å². The van der Waals surface area contributed by atoms with Crippen molar-refractivity contribution in [2.45, 2.75) is 53.9 Å². The van der Waals surface area contributed by atoms with Gasteiger partial charge in [0.1, 0.15) is 0 Å². The summed E-state index contributed by atoms with van der Waals surface area (Å²) in [5.41, 5.74) is 1.89. The largest absolute Gasteiger partial charge is 0.0593 e. The summed E-state index contributed by atoms with van der Waals surface area (Å²) in [6.07, 6.45) is 0. The number of benzene rings is 1. The van der Waals surface area contributed by atoms with Gasteiger partial charge in [-0.15, -0.1) is 0 Å². The van der Waals surface area contributed by atoms with Crippen LogP contribution in [0.2, 0.25) is 0 Å². The van der Waals surface area contributed by atoms with Crippen LogP contribution in [0.15, 0.2) is 18.2 Å². The maximum atomic E-state index is 3.09. The number of hydrogen-bond acceptors (Lipinski definition) is 0. The Labute approximate surface area is 101 Å². The second kappa shape index (κ2) is 3.91. The van der Waals surface area contributed by atoms with Crippen molar-refractivity contribution in [2.24, 2.45) is 10.8 Å². The molecule has 0 fully saturated rings. The molecule has 88 valence electrons. The van der Waals surface area contributed by atoms with Crippen molar-refractivity contribution < 1.29 is 0 Å². The lowest BCUT2D eigenvalue weighted by Gasteiger charge is -2.52. The van der Waals surface area contributed by atoms with Gasteiger partial charge in [-0.1, -0.05) is 60.6 Å². The minimum atomic E-state index is 0.117. The highest BCUT2D eigenvalue weighted by atomic mass is 14.5. The lowest BCUT2D eigenvalue weighted by atomic mass is 9.52. The third kappa shape index (κ3) is 2.03. The van der Waals surface area contributed by atoms with Crippen LogP contribution in [0.25, 0.3) is 0 Å². The highest BCUT2D eigenvalue weighted by Gasteiger charge is 2.47. The molecule has 0 aliphatic heterocycles. The van der Waals surface area contributed by atoms with Crippen LogP contribution < -0.4 is 0 Å². The van der Waals surface area contributed by atoms with Gasteiger partial charge < -0.3 is 0 Å². The van der Waals surface area contributed by atoms with Gasteiger partial charge in [-0.25, -0.2) is 0 Å². The maximum absolute atomic E-state index is 3.09. The topological polar surface area (TPSA) is 0 Å². The lowest BCUT2D eigenvalue weighted by molar-refractivity contribution is 0.0694. The predicted octanol–water partition coefficient (Wildman–Crippen LogP) is 4.64. The van der Waals surface area contributed by atoms with Crippen molar-refractivity contribution in [3.63, 3.8) is 0 Å². The van der Waals surface area contributed by atoms with Crippen molar-refractivity contribution in [3.05, 3.63) is 35.9 Å². The molecule has 0 unspecified atom stereocenters. The molecule has 1 rings (SSSR count). The Balaban J connectivity index is 3.39. The average Bonchev–Trinajstić information content (AvgIpc) is 2.14. The van der Waals surface area contributed by atoms with Gasteiger partial charge in [0.15, 0.2) is 0 Å². The van der Waals surface area contributed by atoms with Gasteiger partial charge >= 0.3 is 0 Å². The smallest absolute Gasteiger partial charge is 0.00219 e. The first-order valence-corrected chi connectivity index (χ1v) is 5.99. The molecule has 0 nitrogen and oxygen atoms in total. The highest BCUT2D eigenvalue weighted by molar-refractivity contribution is 5.28. The SMILES string of the molecule is CC(C)(C)C(C)(c1c[c][c]cc1)C(C)(C)C. The first-order valence-electron chi connectivity index (χ1n) is 5.99. The molecule has 0 aromatic heterocycles. The second-order valence-electron chi connectivity index (χ2n) is 6.85. The van der Waals surface area contributed by atoms with E-state index in [0.717, 1.165) is 0 Å². The van der Waals surface area contributed by atoms with Crippen molar-refractivity contribution in [1.29, 1.82) is 0 Å². The molecule has 0 spiro atoms. The summed E-state index contributed by atoms with van der Waals surface area (Å²) >= 11 is 0. The van der Waals surface area contributed by atoms with Crippen molar-refractivity contribution in [3.8, 4) is 0 Å². The summed E-state index contributed by atoms with van der Waals surface area (Å²) in [5.74, 6) is 0. The third-order valence-electron chi connectivity index (χ3n) is 4.23. The van der Waals surface area contributed by atoms with Gasteiger partial charge in [0, 0.05) is 5.41 Å². The molecule has 2 radical (unpaired) electrons. The zero-order valence-electron chi connectivity index (χ0n) is 11.7. The summed E-state index contributed by atoms with van der Waals surface area (Å²) in [6.45, 7) is 16.2. The molecule has 0 saturated heterocycles. The first-order chi connectivity index (χ1) is 7.11. The standard InChI is InChI=1S/C16H24/c1-14(2,3)16(7,15(4,5)6)13-11-9-8-10-12-13/h9,11-12H,1-7H3. The molecule has 0 atom stereocenters. The average molecular weight is 216 g/mol. The van der Waals surface area contributed by atoms with Crippen LogP contribution in [0.3, 0.4) is 0 Å². The monoisotopic (exact) mass is 216 g/mol. The summed E-state index contributed by atoms with van der Waals surface area (Å²) in [7, 11) is 0. The molecule has 0 aliphatic carbocycles. The summed E-state index contributed by atoms with van der Waals surface area (Å²) in [4.78, 5) is 0. The van der Waals surface area contributed by atoms with Gasteiger partial charge in [-0.05, 0) is 34.6 Å². The predicted molar refractivity (Wildman–Crippen MR) is 70.4 cm³/mol. The fourth-order valence-corrected chi connectivity index (χ4v) is 2.65. The van der Waals surface area contributed by atoms with E-state index in [2.05, 4.69) is 72.7 Å². The van der Waals surface area contributed by atoms with E-state index in [4.69, 9.17) is 0 Å². The molecular weight excluding hydrogens is 192 g/mol. The van der Waals surface area contributed by atoms with Crippen LogP contribution in [0.1, 0.15) is 54.0 Å². The quantitative estimate of drug-likeness (QED) is 0.641. The molecule has 0 heteroatoms. The second-order valence-corrected chi connectivity index (χ2v) is 6.85. The Hall–Kier alpha value is -0.780. The van der Waals surface area contributed by atoms with E-state index in [1.54, 1.807) is 0 Å². The van der Waals surface area contributed by atoms with E-state index in [9.17, 15) is 0 Å². The molecule has 0 bridgehead atoms. The van der Waals surface area contributed by atoms with Crippen LogP contribution in [0.5, 0.6) is 0 Å². The zero-order chi connectivity index (χ0) is 12.6. The maximum Gasteiger partial charge on any atom is 0.00219 e. The van der Waals surface area contributed by atoms with Gasteiger partial charge in [0.2, 0.25) is 0 Å². The normalized spacial score (nSPS) is 13.9. The Bertz CT molecular complexity index is 319. The Kier molecular flexibility index (Phi) is 3.24. The summed E-state index contributed by atoms with van der Waals surface area (Å²) in [5, 5.41) is 0. The molecule has 16 heavy (non-hydrogen) atoms. The molecule has 0 amide bonds. The van der Waals surface area contributed by atoms with Crippen LogP contribution in [-0.2, 0) is 5.41 Å². The van der Waals surface area contributed by atoms with E-state index >= 15 is 0 Å². The minimum Gasteiger partial charge on any atom is -0.0593 e. The van der Waals surface area contributed by atoms with Crippen LogP contribution >= 0.6 is 0 Å². The summed E-state index contributed by atoms with van der Waals surface area (Å²) < 4.78 is 0. The molecule has 0 heterocycles. The van der Waals surface area contributed by atoms with Crippen molar-refractivity contribution in [2.75, 3.05) is 0 Å². The van der Waals surface area contributed by atoms with Crippen molar-refractivity contribution in [1.82, 2.24) is 0 Å². The Morgan fingerprint density at radius 2 is 1.31 bits per heavy atom. The molecular formula is C16H24. The number of rotatable bonds is 1. The third-order valence-corrected chi connectivity index (χ3v) is 4.23. The molecule has 1 aromatic carbocycles. The first kappa shape index (κ1) is 13.3. The van der Waals surface area contributed by atoms with E-state index < -0.39 is 0 Å². The van der Waals surface area contributed by atoms with E-state index in [-0.39, 0.29) is 16.2 Å². The van der Waals surface area contributed by atoms with Crippen LogP contribution in [0.4, 0.5) is 0 Å². The van der Waals surface area contributed by atoms with Crippen LogP contribution in [-0.4, -0.2) is 0 Å². The fraction of sp³-hybridized carbons (Fsp3) is 0.625. The van der Waals surface area contributed by atoms with E-state index in [1.807, 2.05) is 6.07 Å². The highest BCUT2D eigenvalue weighted by Crippen LogP contribution is 2.52. The van der Waals surface area contributed by atoms with E-state index in [1.165, 1.54) is 5.56 Å². The molecule has 1 aromatic rings. The fourth-order valence-electron chi connectivity index (χ4n) is 2.65. The van der Waals surface area contributed by atoms with E-state index in [0.29, 0.717) is 0 Å². The Morgan fingerprint density at radius 3 is 1.62 bits per heavy atom. The van der Waals surface area contributed by atoms with Gasteiger partial charge in [0.25, 0.3) is 0 Å². The number of hydrogen-bond donors (Lipinski definition) is 0. The molecule has 0 aliphatic rings. The van der Waals surface area contributed by atoms with Crippen LogP contribution in [0, 0.1) is 23.0 Å². The zero-order valence-corrected chi connectivity index (χ0v) is 11.7. The minimum absolute atomic E-state index is 0.117. The van der Waals surface area contributed by atoms with Gasteiger partial charge in [-0.2, -0.15) is 0 Å². The summed E-state index contributed by atoms with van der Waals surface area (Å²) in [6, 6.07) is 12.3. The lowest BCUT2D eigenvalue weighted by Crippen LogP contribution is -2.47. The molecule has 0 saturated carbocycles. The Morgan fingerprint density at radius 1 is 0.812 bits per heavy atom. The molecule has 0 N–H and O–H groups in total. The van der Waals surface area contributed by atoms with Gasteiger partial charge in [0.05, 0.1) is 0 Å².